The van der Waals surface area contributed by atoms with Crippen LogP contribution in [-0.4, -0.2) is 39.5 Å². The molecule has 1 saturated heterocycles. The molecule has 0 aromatic rings. The Labute approximate surface area is 78.0 Å². The summed E-state index contributed by atoms with van der Waals surface area (Å²) >= 11 is 0. The van der Waals surface area contributed by atoms with E-state index in [0.29, 0.717) is 19.1 Å². The van der Waals surface area contributed by atoms with E-state index in [0.717, 1.165) is 13.0 Å². The van der Waals surface area contributed by atoms with E-state index in [1.807, 2.05) is 0 Å². The largest absolute Gasteiger partial charge is 0.380 e. The molecular formula is C7H14N2O3S. The van der Waals surface area contributed by atoms with Crippen molar-refractivity contribution >= 4 is 10.2 Å². The number of nitrogens with two attached hydrogens (primary N) is 1. The maximum absolute atomic E-state index is 10.9. The van der Waals surface area contributed by atoms with Crippen molar-refractivity contribution in [2.75, 3.05) is 26.8 Å². The van der Waals surface area contributed by atoms with Gasteiger partial charge in [0.05, 0.1) is 13.2 Å². The molecule has 0 amide bonds. The summed E-state index contributed by atoms with van der Waals surface area (Å²) in [4.78, 5) is 0. The van der Waals surface area contributed by atoms with Gasteiger partial charge in [-0.15, -0.1) is 0 Å². The molecule has 13 heavy (non-hydrogen) atoms. The van der Waals surface area contributed by atoms with Gasteiger partial charge in [0.2, 0.25) is 0 Å². The molecule has 1 heterocycles. The maximum atomic E-state index is 10.9. The average Bonchev–Trinajstić information content (AvgIpc) is 2.51. The molecule has 0 aromatic carbocycles. The number of rotatable bonds is 3. The van der Waals surface area contributed by atoms with Crippen molar-refractivity contribution in [3.8, 4) is 0 Å². The highest BCUT2D eigenvalue weighted by Crippen LogP contribution is 2.57. The van der Waals surface area contributed by atoms with Gasteiger partial charge in [0.25, 0.3) is 10.2 Å². The van der Waals surface area contributed by atoms with Gasteiger partial charge >= 0.3 is 0 Å². The summed E-state index contributed by atoms with van der Waals surface area (Å²) in [5.74, 6) is 0.552. The molecule has 2 N–H and O–H groups in total. The van der Waals surface area contributed by atoms with Crippen LogP contribution in [0.3, 0.4) is 0 Å². The topological polar surface area (TPSA) is 72.6 Å². The lowest BCUT2D eigenvalue weighted by Crippen LogP contribution is -2.38. The van der Waals surface area contributed by atoms with Gasteiger partial charge in [-0.25, -0.2) is 5.14 Å². The van der Waals surface area contributed by atoms with Crippen molar-refractivity contribution < 1.29 is 13.2 Å². The SMILES string of the molecule is CN(CC12COCC1C2)S(N)(=O)=O. The third-order valence-electron chi connectivity index (χ3n) is 3.04. The van der Waals surface area contributed by atoms with E-state index in [1.54, 1.807) is 0 Å². The van der Waals surface area contributed by atoms with E-state index >= 15 is 0 Å². The minimum atomic E-state index is -3.52. The van der Waals surface area contributed by atoms with Crippen LogP contribution in [0.1, 0.15) is 6.42 Å². The minimum absolute atomic E-state index is 0.0845. The predicted molar refractivity (Wildman–Crippen MR) is 47.1 cm³/mol. The first-order chi connectivity index (χ1) is 5.94. The molecule has 1 aliphatic carbocycles. The van der Waals surface area contributed by atoms with Crippen LogP contribution in [0.25, 0.3) is 0 Å². The highest BCUT2D eigenvalue weighted by Gasteiger charge is 2.59. The molecule has 1 saturated carbocycles. The Morgan fingerprint density at radius 3 is 2.77 bits per heavy atom. The Hall–Kier alpha value is -0.170. The van der Waals surface area contributed by atoms with Crippen LogP contribution in [0.2, 0.25) is 0 Å². The highest BCUT2D eigenvalue weighted by atomic mass is 32.2. The quantitative estimate of drug-likeness (QED) is 0.654. The highest BCUT2D eigenvalue weighted by molar-refractivity contribution is 7.86. The van der Waals surface area contributed by atoms with Crippen molar-refractivity contribution in [1.82, 2.24) is 4.31 Å². The summed E-state index contributed by atoms with van der Waals surface area (Å²) in [6, 6.07) is 0. The second-order valence-corrected chi connectivity index (χ2v) is 5.73. The Kier molecular flexibility index (Phi) is 1.92. The minimum Gasteiger partial charge on any atom is -0.380 e. The van der Waals surface area contributed by atoms with Crippen LogP contribution in [0.5, 0.6) is 0 Å². The number of hydrogen-bond acceptors (Lipinski definition) is 3. The van der Waals surface area contributed by atoms with Gasteiger partial charge in [-0.3, -0.25) is 0 Å². The van der Waals surface area contributed by atoms with Crippen LogP contribution < -0.4 is 5.14 Å². The molecular weight excluding hydrogens is 192 g/mol. The number of nitrogens with zero attached hydrogens (tertiary/aromatic N) is 1. The lowest BCUT2D eigenvalue weighted by atomic mass is 10.1. The van der Waals surface area contributed by atoms with E-state index in [1.165, 1.54) is 11.4 Å². The van der Waals surface area contributed by atoms with Gasteiger partial charge in [-0.2, -0.15) is 12.7 Å². The first-order valence-electron chi connectivity index (χ1n) is 4.26. The zero-order chi connectivity index (χ0) is 9.69. The van der Waals surface area contributed by atoms with E-state index < -0.39 is 10.2 Å². The smallest absolute Gasteiger partial charge is 0.276 e. The zero-order valence-corrected chi connectivity index (χ0v) is 8.38. The normalized spacial score (nSPS) is 37.9. The van der Waals surface area contributed by atoms with E-state index in [9.17, 15) is 8.42 Å². The summed E-state index contributed by atoms with van der Waals surface area (Å²) in [6.07, 6.45) is 1.08. The predicted octanol–water partition coefficient (Wildman–Crippen LogP) is -0.842. The molecule has 0 radical (unpaired) electrons. The van der Waals surface area contributed by atoms with E-state index in [2.05, 4.69) is 0 Å². The molecule has 6 heteroatoms. The fraction of sp³-hybridized carbons (Fsp3) is 1.00. The molecule has 2 aliphatic rings. The first kappa shape index (κ1) is 9.39. The van der Waals surface area contributed by atoms with Crippen molar-refractivity contribution in [3.05, 3.63) is 0 Å². The Morgan fingerprint density at radius 1 is 1.69 bits per heavy atom. The van der Waals surface area contributed by atoms with Crippen LogP contribution in [0.4, 0.5) is 0 Å². The van der Waals surface area contributed by atoms with Crippen LogP contribution in [0.15, 0.2) is 0 Å². The Bertz CT molecular complexity index is 316. The van der Waals surface area contributed by atoms with Crippen LogP contribution in [-0.2, 0) is 14.9 Å². The zero-order valence-electron chi connectivity index (χ0n) is 7.56. The summed E-state index contributed by atoms with van der Waals surface area (Å²) in [5.41, 5.74) is 0.0845. The fourth-order valence-corrected chi connectivity index (χ4v) is 2.46. The van der Waals surface area contributed by atoms with Crippen molar-refractivity contribution in [2.24, 2.45) is 16.5 Å². The molecule has 2 rings (SSSR count). The molecule has 1 aliphatic heterocycles. The average molecular weight is 206 g/mol. The monoisotopic (exact) mass is 206 g/mol. The second kappa shape index (κ2) is 2.66. The van der Waals surface area contributed by atoms with Crippen molar-refractivity contribution in [3.63, 3.8) is 0 Å². The Balaban J connectivity index is 1.99. The third kappa shape index (κ3) is 1.59. The number of ether oxygens (including phenoxy) is 1. The summed E-state index contributed by atoms with van der Waals surface area (Å²) < 4.78 is 28.4. The number of hydrogen-bond donors (Lipinski definition) is 1. The van der Waals surface area contributed by atoms with Gasteiger partial charge in [-0.05, 0) is 12.3 Å². The summed E-state index contributed by atoms with van der Waals surface area (Å²) in [6.45, 7) is 1.95. The van der Waals surface area contributed by atoms with Crippen molar-refractivity contribution in [1.29, 1.82) is 0 Å². The van der Waals surface area contributed by atoms with Gasteiger partial charge in [0, 0.05) is 19.0 Å². The lowest BCUT2D eigenvalue weighted by Gasteiger charge is -2.18. The number of fused-ring (bicyclic) bond motifs is 1. The Morgan fingerprint density at radius 2 is 2.38 bits per heavy atom. The second-order valence-electron chi connectivity index (χ2n) is 4.08. The lowest BCUT2D eigenvalue weighted by molar-refractivity contribution is 0.141. The molecule has 2 unspecified atom stereocenters. The van der Waals surface area contributed by atoms with Gasteiger partial charge in [-0.1, -0.05) is 0 Å². The van der Waals surface area contributed by atoms with Crippen molar-refractivity contribution in [2.45, 2.75) is 6.42 Å². The molecule has 5 nitrogen and oxygen atoms in total. The molecule has 2 fully saturated rings. The van der Waals surface area contributed by atoms with E-state index in [-0.39, 0.29) is 5.41 Å². The summed E-state index contributed by atoms with van der Waals surface area (Å²) in [7, 11) is -2.01. The standard InChI is InChI=1S/C7H14N2O3S/c1-9(13(8,10)11)4-7-2-6(7)3-12-5-7/h6H,2-5H2,1H3,(H2,8,10,11). The van der Waals surface area contributed by atoms with Crippen LogP contribution in [0, 0.1) is 11.3 Å². The van der Waals surface area contributed by atoms with Crippen LogP contribution >= 0.6 is 0 Å². The molecule has 0 bridgehead atoms. The summed E-state index contributed by atoms with van der Waals surface area (Å²) in [5, 5.41) is 4.99. The first-order valence-corrected chi connectivity index (χ1v) is 5.76. The fourth-order valence-electron chi connectivity index (χ4n) is 2.02. The van der Waals surface area contributed by atoms with Gasteiger partial charge in [0.15, 0.2) is 0 Å². The van der Waals surface area contributed by atoms with E-state index in [4.69, 9.17) is 9.88 Å². The molecule has 2 atom stereocenters. The third-order valence-corrected chi connectivity index (χ3v) is 4.04. The van der Waals surface area contributed by atoms with Gasteiger partial charge in [0.1, 0.15) is 0 Å². The molecule has 76 valence electrons. The maximum Gasteiger partial charge on any atom is 0.276 e. The molecule has 0 aromatic heterocycles. The van der Waals surface area contributed by atoms with Gasteiger partial charge < -0.3 is 4.74 Å². The molecule has 0 spiro atoms.